The summed E-state index contributed by atoms with van der Waals surface area (Å²) in [6.07, 6.45) is -4.59. The fourth-order valence-electron chi connectivity index (χ4n) is 0.687. The Kier molecular flexibility index (Phi) is 2.78. The SMILES string of the molecule is COc1[c]c(C(F)(F)F)nc(OC)n1. The van der Waals surface area contributed by atoms with Crippen molar-refractivity contribution in [3.05, 3.63) is 11.8 Å². The molecule has 4 nitrogen and oxygen atoms in total. The zero-order chi connectivity index (χ0) is 10.8. The number of rotatable bonds is 2. The molecule has 1 heterocycles. The molecule has 0 saturated carbocycles. The fraction of sp³-hybridized carbons (Fsp3) is 0.429. The smallest absolute Gasteiger partial charge is 0.434 e. The van der Waals surface area contributed by atoms with Gasteiger partial charge in [0.1, 0.15) is 0 Å². The Balaban J connectivity index is 3.17. The van der Waals surface area contributed by atoms with Crippen LogP contribution in [0.2, 0.25) is 0 Å². The van der Waals surface area contributed by atoms with Crippen LogP contribution < -0.4 is 9.47 Å². The van der Waals surface area contributed by atoms with Gasteiger partial charge in [0, 0.05) is 0 Å². The van der Waals surface area contributed by atoms with E-state index in [4.69, 9.17) is 0 Å². The van der Waals surface area contributed by atoms with E-state index in [0.29, 0.717) is 0 Å². The molecule has 14 heavy (non-hydrogen) atoms. The second kappa shape index (κ2) is 3.69. The van der Waals surface area contributed by atoms with Gasteiger partial charge in [-0.05, 0) is 0 Å². The van der Waals surface area contributed by atoms with Crippen LogP contribution in [0.5, 0.6) is 11.9 Å². The molecule has 1 aromatic rings. The predicted molar refractivity (Wildman–Crippen MR) is 39.0 cm³/mol. The molecule has 7 heteroatoms. The Labute approximate surface area is 77.7 Å². The molecule has 1 aromatic heterocycles. The summed E-state index contributed by atoms with van der Waals surface area (Å²) in [6.45, 7) is 0. The number of alkyl halides is 3. The molecule has 1 rings (SSSR count). The molecule has 0 unspecified atom stereocenters. The molecule has 0 N–H and O–H groups in total. The van der Waals surface area contributed by atoms with E-state index in [-0.39, 0.29) is 5.88 Å². The first kappa shape index (κ1) is 10.6. The highest BCUT2D eigenvalue weighted by atomic mass is 19.4. The van der Waals surface area contributed by atoms with Crippen LogP contribution in [0.4, 0.5) is 13.2 Å². The van der Waals surface area contributed by atoms with E-state index in [1.165, 1.54) is 7.11 Å². The summed E-state index contributed by atoms with van der Waals surface area (Å²) in [6, 6.07) is 1.45. The first-order valence-corrected chi connectivity index (χ1v) is 3.44. The third-order valence-electron chi connectivity index (χ3n) is 1.27. The first-order valence-electron chi connectivity index (χ1n) is 3.44. The minimum atomic E-state index is -4.59. The van der Waals surface area contributed by atoms with Gasteiger partial charge in [0.25, 0.3) is 0 Å². The highest BCUT2D eigenvalue weighted by molar-refractivity contribution is 5.18. The van der Waals surface area contributed by atoms with Crippen molar-refractivity contribution in [2.45, 2.75) is 6.18 Å². The molecule has 0 aliphatic carbocycles. The Bertz CT molecular complexity index is 305. The molecular formula is C7H6F3N2O2. The molecule has 1 radical (unpaired) electrons. The topological polar surface area (TPSA) is 44.2 Å². The summed E-state index contributed by atoms with van der Waals surface area (Å²) in [5, 5.41) is 0. The van der Waals surface area contributed by atoms with Crippen LogP contribution in [0.25, 0.3) is 0 Å². The van der Waals surface area contributed by atoms with Gasteiger partial charge in [-0.2, -0.15) is 23.1 Å². The van der Waals surface area contributed by atoms with Crippen molar-refractivity contribution in [1.29, 1.82) is 0 Å². The van der Waals surface area contributed by atoms with Crippen LogP contribution in [0.3, 0.4) is 0 Å². The second-order valence-corrected chi connectivity index (χ2v) is 2.19. The molecular weight excluding hydrogens is 201 g/mol. The minimum Gasteiger partial charge on any atom is -0.480 e. The standard InChI is InChI=1S/C7H6F3N2O2/c1-13-5-3-4(7(8,9)10)11-6(12-5)14-2/h1-2H3. The third-order valence-corrected chi connectivity index (χ3v) is 1.27. The molecule has 0 aliphatic heterocycles. The number of nitrogens with zero attached hydrogens (tertiary/aromatic N) is 2. The number of methoxy groups -OCH3 is 2. The van der Waals surface area contributed by atoms with Gasteiger partial charge in [-0.25, -0.2) is 0 Å². The van der Waals surface area contributed by atoms with Gasteiger partial charge < -0.3 is 9.47 Å². The number of hydrogen-bond acceptors (Lipinski definition) is 4. The minimum absolute atomic E-state index is 0.316. The van der Waals surface area contributed by atoms with E-state index in [9.17, 15) is 13.2 Å². The molecule has 0 fully saturated rings. The molecule has 0 amide bonds. The van der Waals surface area contributed by atoms with Gasteiger partial charge in [0.05, 0.1) is 20.3 Å². The zero-order valence-electron chi connectivity index (χ0n) is 7.34. The molecule has 0 saturated heterocycles. The van der Waals surface area contributed by atoms with Crippen molar-refractivity contribution < 1.29 is 22.6 Å². The second-order valence-electron chi connectivity index (χ2n) is 2.19. The zero-order valence-corrected chi connectivity index (χ0v) is 7.34. The normalized spacial score (nSPS) is 11.2. The van der Waals surface area contributed by atoms with E-state index in [2.05, 4.69) is 19.4 Å². The maximum absolute atomic E-state index is 12.2. The van der Waals surface area contributed by atoms with E-state index in [0.717, 1.165) is 7.11 Å². The molecule has 0 aromatic carbocycles. The molecule has 0 spiro atoms. The summed E-state index contributed by atoms with van der Waals surface area (Å²) in [5.74, 6) is -0.316. The summed E-state index contributed by atoms with van der Waals surface area (Å²) in [5.41, 5.74) is -1.22. The Hall–Kier alpha value is -1.53. The lowest BCUT2D eigenvalue weighted by Gasteiger charge is -2.07. The van der Waals surface area contributed by atoms with Crippen LogP contribution in [-0.2, 0) is 6.18 Å². The van der Waals surface area contributed by atoms with Gasteiger partial charge in [-0.1, -0.05) is 0 Å². The van der Waals surface area contributed by atoms with Gasteiger partial charge in [-0.15, -0.1) is 0 Å². The number of halogens is 3. The Morgan fingerprint density at radius 2 is 1.79 bits per heavy atom. The van der Waals surface area contributed by atoms with Gasteiger partial charge in [0.2, 0.25) is 5.88 Å². The molecule has 77 valence electrons. The average molecular weight is 207 g/mol. The maximum Gasteiger partial charge on any atom is 0.434 e. The molecule has 0 atom stereocenters. The summed E-state index contributed by atoms with van der Waals surface area (Å²) < 4.78 is 45.5. The summed E-state index contributed by atoms with van der Waals surface area (Å²) in [7, 11) is 2.34. The van der Waals surface area contributed by atoms with Crippen LogP contribution in [0, 0.1) is 6.07 Å². The Morgan fingerprint density at radius 3 is 2.21 bits per heavy atom. The predicted octanol–water partition coefficient (Wildman–Crippen LogP) is 1.31. The van der Waals surface area contributed by atoms with Crippen molar-refractivity contribution in [1.82, 2.24) is 9.97 Å². The van der Waals surface area contributed by atoms with E-state index >= 15 is 0 Å². The largest absolute Gasteiger partial charge is 0.480 e. The van der Waals surface area contributed by atoms with Crippen molar-refractivity contribution in [3.63, 3.8) is 0 Å². The third kappa shape index (κ3) is 2.24. The maximum atomic E-state index is 12.2. The molecule has 0 bridgehead atoms. The monoisotopic (exact) mass is 207 g/mol. The van der Waals surface area contributed by atoms with Crippen molar-refractivity contribution in [3.8, 4) is 11.9 Å². The lowest BCUT2D eigenvalue weighted by atomic mass is 10.4. The van der Waals surface area contributed by atoms with Crippen molar-refractivity contribution in [2.24, 2.45) is 0 Å². The highest BCUT2D eigenvalue weighted by Gasteiger charge is 2.34. The fourth-order valence-corrected chi connectivity index (χ4v) is 0.687. The van der Waals surface area contributed by atoms with Crippen LogP contribution in [0.1, 0.15) is 5.69 Å². The first-order chi connectivity index (χ1) is 6.47. The number of aromatic nitrogens is 2. The average Bonchev–Trinajstić information content (AvgIpc) is 2.15. The molecule has 0 aliphatic rings. The van der Waals surface area contributed by atoms with Crippen molar-refractivity contribution in [2.75, 3.05) is 14.2 Å². The van der Waals surface area contributed by atoms with E-state index < -0.39 is 17.9 Å². The van der Waals surface area contributed by atoms with Crippen LogP contribution in [0.15, 0.2) is 0 Å². The van der Waals surface area contributed by atoms with Crippen molar-refractivity contribution >= 4 is 0 Å². The van der Waals surface area contributed by atoms with Gasteiger partial charge >= 0.3 is 12.2 Å². The number of ether oxygens (including phenoxy) is 2. The van der Waals surface area contributed by atoms with Crippen LogP contribution in [-0.4, -0.2) is 24.2 Å². The van der Waals surface area contributed by atoms with E-state index in [1.807, 2.05) is 6.07 Å². The summed E-state index contributed by atoms with van der Waals surface area (Å²) in [4.78, 5) is 6.55. The quantitative estimate of drug-likeness (QED) is 0.733. The summed E-state index contributed by atoms with van der Waals surface area (Å²) >= 11 is 0. The lowest BCUT2D eigenvalue weighted by molar-refractivity contribution is -0.141. The lowest BCUT2D eigenvalue weighted by Crippen LogP contribution is -2.10. The van der Waals surface area contributed by atoms with E-state index in [1.54, 1.807) is 0 Å². The van der Waals surface area contributed by atoms with Gasteiger partial charge in [0.15, 0.2) is 5.69 Å². The number of hydrogen-bond donors (Lipinski definition) is 0. The highest BCUT2D eigenvalue weighted by Crippen LogP contribution is 2.29. The van der Waals surface area contributed by atoms with Crippen LogP contribution >= 0.6 is 0 Å². The Morgan fingerprint density at radius 1 is 1.14 bits per heavy atom. The van der Waals surface area contributed by atoms with Gasteiger partial charge in [-0.3, -0.25) is 0 Å².